The zero-order chi connectivity index (χ0) is 12.8. The van der Waals surface area contributed by atoms with Crippen molar-refractivity contribution in [2.75, 3.05) is 31.2 Å². The number of nitrogens with two attached hydrogens (primary N) is 1. The monoisotopic (exact) mass is 258 g/mol. The van der Waals surface area contributed by atoms with E-state index in [4.69, 9.17) is 17.3 Å². The molecule has 17 heavy (non-hydrogen) atoms. The lowest BCUT2D eigenvalue weighted by atomic mass is 10.3. The van der Waals surface area contributed by atoms with Crippen LogP contribution in [0.4, 0.5) is 11.9 Å². The fourth-order valence-corrected chi connectivity index (χ4v) is 1.40. The maximum Gasteiger partial charge on any atom is 0.228 e. The Hall–Kier alpha value is -1.14. The Balaban J connectivity index is 2.31. The van der Waals surface area contributed by atoms with Crippen LogP contribution < -0.4 is 11.1 Å². The molecule has 6 nitrogen and oxygen atoms in total. The van der Waals surface area contributed by atoms with Crippen LogP contribution in [0.3, 0.4) is 0 Å². The fraction of sp³-hybridized carbons (Fsp3) is 0.700. The number of rotatable bonds is 6. The van der Waals surface area contributed by atoms with Crippen molar-refractivity contribution in [2.45, 2.75) is 26.3 Å². The molecule has 1 rings (SSSR count). The Labute approximate surface area is 107 Å². The minimum atomic E-state index is 0.110. The van der Waals surface area contributed by atoms with Crippen molar-refractivity contribution in [3.8, 4) is 0 Å². The van der Waals surface area contributed by atoms with E-state index in [9.17, 15) is 0 Å². The molecule has 0 unspecified atom stereocenters. The van der Waals surface area contributed by atoms with Gasteiger partial charge in [0.15, 0.2) is 0 Å². The summed E-state index contributed by atoms with van der Waals surface area (Å²) in [6.45, 7) is 6.12. The second-order valence-corrected chi connectivity index (χ2v) is 4.48. The molecule has 1 aromatic heterocycles. The molecule has 0 radical (unpaired) electrons. The van der Waals surface area contributed by atoms with E-state index >= 15 is 0 Å². The number of hydrogen-bond acceptors (Lipinski definition) is 6. The number of anilines is 2. The summed E-state index contributed by atoms with van der Waals surface area (Å²) in [7, 11) is 2.10. The van der Waals surface area contributed by atoms with Gasteiger partial charge >= 0.3 is 0 Å². The molecule has 7 heteroatoms. The van der Waals surface area contributed by atoms with Gasteiger partial charge in [-0.15, -0.1) is 0 Å². The second-order valence-electron chi connectivity index (χ2n) is 4.14. The lowest BCUT2D eigenvalue weighted by Crippen LogP contribution is -2.28. The summed E-state index contributed by atoms with van der Waals surface area (Å²) in [4.78, 5) is 13.8. The quantitative estimate of drug-likeness (QED) is 0.748. The van der Waals surface area contributed by atoms with Gasteiger partial charge < -0.3 is 16.0 Å². The molecule has 0 saturated heterocycles. The fourth-order valence-electron chi connectivity index (χ4n) is 1.23. The van der Waals surface area contributed by atoms with Gasteiger partial charge in [0.2, 0.25) is 17.2 Å². The molecule has 0 fully saturated rings. The molecule has 0 aromatic carbocycles. The molecule has 0 saturated carbocycles. The smallest absolute Gasteiger partial charge is 0.228 e. The molecule has 1 aromatic rings. The van der Waals surface area contributed by atoms with E-state index in [1.54, 1.807) is 0 Å². The Bertz CT molecular complexity index is 336. The predicted molar refractivity (Wildman–Crippen MR) is 70.1 cm³/mol. The van der Waals surface area contributed by atoms with Crippen molar-refractivity contribution in [3.63, 3.8) is 0 Å². The highest BCUT2D eigenvalue weighted by atomic mass is 35.5. The van der Waals surface area contributed by atoms with E-state index in [0.29, 0.717) is 12.0 Å². The molecule has 1 heterocycles. The van der Waals surface area contributed by atoms with Crippen LogP contribution in [0.2, 0.25) is 5.28 Å². The summed E-state index contributed by atoms with van der Waals surface area (Å²) >= 11 is 5.66. The van der Waals surface area contributed by atoms with Crippen LogP contribution in [0, 0.1) is 0 Å². The molecule has 0 spiro atoms. The highest BCUT2D eigenvalue weighted by Gasteiger charge is 2.04. The average molecular weight is 259 g/mol. The van der Waals surface area contributed by atoms with Crippen LogP contribution in [-0.4, -0.2) is 46.0 Å². The van der Waals surface area contributed by atoms with Crippen LogP contribution in [-0.2, 0) is 0 Å². The van der Waals surface area contributed by atoms with Crippen molar-refractivity contribution in [2.24, 2.45) is 0 Å². The molecule has 0 aliphatic carbocycles. The third kappa shape index (κ3) is 5.14. The van der Waals surface area contributed by atoms with Gasteiger partial charge in [0.05, 0.1) is 0 Å². The Morgan fingerprint density at radius 3 is 2.65 bits per heavy atom. The molecular weight excluding hydrogens is 240 g/mol. The molecule has 0 aliphatic rings. The first-order valence-corrected chi connectivity index (χ1v) is 5.98. The van der Waals surface area contributed by atoms with E-state index < -0.39 is 0 Å². The molecule has 3 N–H and O–H groups in total. The van der Waals surface area contributed by atoms with Gasteiger partial charge in [0, 0.05) is 12.6 Å². The third-order valence-electron chi connectivity index (χ3n) is 2.48. The van der Waals surface area contributed by atoms with Crippen molar-refractivity contribution >= 4 is 23.5 Å². The summed E-state index contributed by atoms with van der Waals surface area (Å²) in [6, 6.07) is 0.553. The van der Waals surface area contributed by atoms with Crippen LogP contribution >= 0.6 is 11.6 Å². The number of hydrogen-bond donors (Lipinski definition) is 2. The maximum atomic E-state index is 5.66. The van der Waals surface area contributed by atoms with E-state index in [1.165, 1.54) is 0 Å². The minimum absolute atomic E-state index is 0.110. The average Bonchev–Trinajstić information content (AvgIpc) is 2.22. The molecule has 0 amide bonds. The SMILES string of the molecule is CC(C)N(C)CCCNc1nc(N)nc(Cl)n1. The molecular formula is C10H19ClN6. The molecule has 0 atom stereocenters. The number of aromatic nitrogens is 3. The summed E-state index contributed by atoms with van der Waals surface area (Å²) < 4.78 is 0. The third-order valence-corrected chi connectivity index (χ3v) is 2.65. The van der Waals surface area contributed by atoms with Crippen molar-refractivity contribution in [1.82, 2.24) is 19.9 Å². The topological polar surface area (TPSA) is 80.0 Å². The van der Waals surface area contributed by atoms with E-state index in [-0.39, 0.29) is 11.2 Å². The lowest BCUT2D eigenvalue weighted by molar-refractivity contribution is 0.273. The number of nitrogen functional groups attached to an aromatic ring is 1. The number of nitrogens with zero attached hydrogens (tertiary/aromatic N) is 4. The van der Waals surface area contributed by atoms with Gasteiger partial charge in [-0.05, 0) is 45.5 Å². The van der Waals surface area contributed by atoms with Crippen molar-refractivity contribution < 1.29 is 0 Å². The van der Waals surface area contributed by atoms with Gasteiger partial charge in [-0.25, -0.2) is 0 Å². The Morgan fingerprint density at radius 2 is 2.06 bits per heavy atom. The zero-order valence-electron chi connectivity index (χ0n) is 10.4. The highest BCUT2D eigenvalue weighted by Crippen LogP contribution is 2.06. The first-order chi connectivity index (χ1) is 7.99. The Kier molecular flexibility index (Phi) is 5.37. The summed E-state index contributed by atoms with van der Waals surface area (Å²) in [5.74, 6) is 0.557. The van der Waals surface area contributed by atoms with Gasteiger partial charge in [0.1, 0.15) is 0 Å². The van der Waals surface area contributed by atoms with Crippen LogP contribution in [0.15, 0.2) is 0 Å². The van der Waals surface area contributed by atoms with Gasteiger partial charge in [0.25, 0.3) is 0 Å². The van der Waals surface area contributed by atoms with Crippen molar-refractivity contribution in [1.29, 1.82) is 0 Å². The predicted octanol–water partition coefficient (Wildman–Crippen LogP) is 1.25. The number of halogens is 1. The summed E-state index contributed by atoms with van der Waals surface area (Å²) in [5.41, 5.74) is 5.46. The van der Waals surface area contributed by atoms with Gasteiger partial charge in [-0.3, -0.25) is 0 Å². The first kappa shape index (κ1) is 13.9. The molecule has 0 aliphatic heterocycles. The van der Waals surface area contributed by atoms with Gasteiger partial charge in [-0.2, -0.15) is 15.0 Å². The zero-order valence-corrected chi connectivity index (χ0v) is 11.2. The van der Waals surface area contributed by atoms with E-state index in [2.05, 4.69) is 46.1 Å². The van der Waals surface area contributed by atoms with E-state index in [0.717, 1.165) is 19.5 Å². The normalized spacial score (nSPS) is 11.2. The Morgan fingerprint density at radius 1 is 1.35 bits per heavy atom. The largest absolute Gasteiger partial charge is 0.368 e. The maximum absolute atomic E-state index is 5.66. The molecule has 0 bridgehead atoms. The minimum Gasteiger partial charge on any atom is -0.368 e. The van der Waals surface area contributed by atoms with Crippen molar-refractivity contribution in [3.05, 3.63) is 5.28 Å². The summed E-state index contributed by atoms with van der Waals surface area (Å²) in [6.07, 6.45) is 0.998. The standard InChI is InChI=1S/C10H19ClN6/c1-7(2)17(3)6-4-5-13-10-15-8(11)14-9(12)16-10/h7H,4-6H2,1-3H3,(H3,12,13,14,15,16). The molecule has 96 valence electrons. The van der Waals surface area contributed by atoms with E-state index in [1.807, 2.05) is 0 Å². The van der Waals surface area contributed by atoms with Crippen LogP contribution in [0.1, 0.15) is 20.3 Å². The summed E-state index contributed by atoms with van der Waals surface area (Å²) in [5, 5.41) is 3.18. The lowest BCUT2D eigenvalue weighted by Gasteiger charge is -2.20. The van der Waals surface area contributed by atoms with Crippen LogP contribution in [0.5, 0.6) is 0 Å². The van der Waals surface area contributed by atoms with Crippen LogP contribution in [0.25, 0.3) is 0 Å². The van der Waals surface area contributed by atoms with Gasteiger partial charge in [-0.1, -0.05) is 0 Å². The first-order valence-electron chi connectivity index (χ1n) is 5.60. The number of nitrogens with one attached hydrogen (secondary N) is 1. The highest BCUT2D eigenvalue weighted by molar-refractivity contribution is 6.28. The second kappa shape index (κ2) is 6.56.